The highest BCUT2D eigenvalue weighted by molar-refractivity contribution is 6.02. The summed E-state index contributed by atoms with van der Waals surface area (Å²) in [5, 5.41) is 17.8. The molecule has 7 nitrogen and oxygen atoms in total. The van der Waals surface area contributed by atoms with E-state index >= 15 is 0 Å². The highest BCUT2D eigenvalue weighted by atomic mass is 16.5. The average molecular weight is 303 g/mol. The molecule has 2 aromatic rings. The Labute approximate surface area is 127 Å². The van der Waals surface area contributed by atoms with Crippen LogP contribution in [0.15, 0.2) is 30.3 Å². The number of aliphatic carboxylic acids is 1. The van der Waals surface area contributed by atoms with Crippen molar-refractivity contribution in [1.82, 2.24) is 10.2 Å². The predicted molar refractivity (Wildman–Crippen MR) is 80.1 cm³/mol. The van der Waals surface area contributed by atoms with Crippen molar-refractivity contribution < 1.29 is 19.4 Å². The molecule has 1 heterocycles. The lowest BCUT2D eigenvalue weighted by atomic mass is 10.3. The third kappa shape index (κ3) is 4.62. The van der Waals surface area contributed by atoms with Gasteiger partial charge in [0.1, 0.15) is 5.75 Å². The van der Waals surface area contributed by atoms with Crippen molar-refractivity contribution >= 4 is 17.6 Å². The summed E-state index contributed by atoms with van der Waals surface area (Å²) in [4.78, 5) is 22.3. The van der Waals surface area contributed by atoms with Crippen molar-refractivity contribution in [3.8, 4) is 5.75 Å². The van der Waals surface area contributed by atoms with Gasteiger partial charge in [0.15, 0.2) is 5.69 Å². The summed E-state index contributed by atoms with van der Waals surface area (Å²) in [6.45, 7) is 2.16. The Balaban J connectivity index is 1.84. The van der Waals surface area contributed by atoms with Crippen LogP contribution in [-0.2, 0) is 4.79 Å². The third-order valence-electron chi connectivity index (χ3n) is 2.85. The molecule has 3 N–H and O–H groups in total. The van der Waals surface area contributed by atoms with Crippen LogP contribution in [0.2, 0.25) is 0 Å². The number of carboxylic acid groups (broad SMARTS) is 1. The number of rotatable bonds is 7. The van der Waals surface area contributed by atoms with E-state index < -0.39 is 5.97 Å². The first-order valence-corrected chi connectivity index (χ1v) is 6.82. The molecule has 1 aromatic heterocycles. The molecule has 0 spiro atoms. The van der Waals surface area contributed by atoms with Crippen molar-refractivity contribution in [1.29, 1.82) is 0 Å². The molecule has 0 aliphatic heterocycles. The molecule has 0 saturated carbocycles. The van der Waals surface area contributed by atoms with E-state index in [1.54, 1.807) is 30.3 Å². The first-order chi connectivity index (χ1) is 10.5. The number of anilines is 1. The molecule has 22 heavy (non-hydrogen) atoms. The van der Waals surface area contributed by atoms with Gasteiger partial charge in [0.25, 0.3) is 5.91 Å². The Hall–Kier alpha value is -2.83. The average Bonchev–Trinajstić information content (AvgIpc) is 2.92. The van der Waals surface area contributed by atoms with Crippen LogP contribution >= 0.6 is 0 Å². The van der Waals surface area contributed by atoms with Crippen molar-refractivity contribution in [2.45, 2.75) is 19.8 Å². The first kappa shape index (κ1) is 15.6. The van der Waals surface area contributed by atoms with Gasteiger partial charge in [-0.25, -0.2) is 0 Å². The summed E-state index contributed by atoms with van der Waals surface area (Å²) in [5.74, 6) is -0.506. The Morgan fingerprint density at radius 1 is 1.32 bits per heavy atom. The SMILES string of the molecule is Cc1cc(C(=O)Nc2ccc(OCCCC(=O)O)cc2)n[nH]1. The van der Waals surface area contributed by atoms with Gasteiger partial charge in [0.05, 0.1) is 6.61 Å². The van der Waals surface area contributed by atoms with Gasteiger partial charge in [-0.1, -0.05) is 0 Å². The fourth-order valence-electron chi connectivity index (χ4n) is 1.78. The van der Waals surface area contributed by atoms with Gasteiger partial charge < -0.3 is 15.2 Å². The number of aromatic nitrogens is 2. The number of H-pyrrole nitrogens is 1. The topological polar surface area (TPSA) is 104 Å². The maximum atomic E-state index is 11.9. The molecule has 0 unspecified atom stereocenters. The quantitative estimate of drug-likeness (QED) is 0.680. The molecule has 1 aromatic carbocycles. The normalized spacial score (nSPS) is 10.2. The molecule has 0 aliphatic carbocycles. The van der Waals surface area contributed by atoms with Crippen molar-refractivity contribution in [2.75, 3.05) is 11.9 Å². The molecule has 0 saturated heterocycles. The zero-order chi connectivity index (χ0) is 15.9. The zero-order valence-corrected chi connectivity index (χ0v) is 12.1. The van der Waals surface area contributed by atoms with Crippen LogP contribution in [0.4, 0.5) is 5.69 Å². The minimum absolute atomic E-state index is 0.0806. The highest BCUT2D eigenvalue weighted by Crippen LogP contribution is 2.16. The van der Waals surface area contributed by atoms with Gasteiger partial charge in [-0.2, -0.15) is 5.10 Å². The molecule has 0 bridgehead atoms. The van der Waals surface area contributed by atoms with E-state index in [2.05, 4.69) is 15.5 Å². The van der Waals surface area contributed by atoms with Crippen molar-refractivity contribution in [3.63, 3.8) is 0 Å². The fraction of sp³-hybridized carbons (Fsp3) is 0.267. The van der Waals surface area contributed by atoms with Gasteiger partial charge >= 0.3 is 5.97 Å². The summed E-state index contributed by atoms with van der Waals surface area (Å²) in [6.07, 6.45) is 0.531. The van der Waals surface area contributed by atoms with Crippen LogP contribution in [0.5, 0.6) is 5.75 Å². The second-order valence-corrected chi connectivity index (χ2v) is 4.76. The van der Waals surface area contributed by atoms with Gasteiger partial charge in [-0.05, 0) is 43.7 Å². The van der Waals surface area contributed by atoms with Crippen LogP contribution in [0.1, 0.15) is 29.0 Å². The van der Waals surface area contributed by atoms with Crippen LogP contribution in [0.3, 0.4) is 0 Å². The first-order valence-electron chi connectivity index (χ1n) is 6.82. The molecule has 0 fully saturated rings. The molecule has 0 radical (unpaired) electrons. The summed E-state index contributed by atoms with van der Waals surface area (Å²) >= 11 is 0. The summed E-state index contributed by atoms with van der Waals surface area (Å²) in [6, 6.07) is 8.52. The van der Waals surface area contributed by atoms with E-state index in [1.807, 2.05) is 6.92 Å². The maximum Gasteiger partial charge on any atom is 0.303 e. The second kappa shape index (κ2) is 7.26. The van der Waals surface area contributed by atoms with Crippen LogP contribution < -0.4 is 10.1 Å². The van der Waals surface area contributed by atoms with E-state index in [1.165, 1.54) is 0 Å². The van der Waals surface area contributed by atoms with E-state index in [4.69, 9.17) is 9.84 Å². The number of carbonyl (C=O) groups excluding carboxylic acids is 1. The van der Waals surface area contributed by atoms with E-state index in [-0.39, 0.29) is 12.3 Å². The van der Waals surface area contributed by atoms with Gasteiger partial charge in [0, 0.05) is 17.8 Å². The number of hydrogen-bond acceptors (Lipinski definition) is 4. The number of nitrogens with one attached hydrogen (secondary N) is 2. The van der Waals surface area contributed by atoms with Crippen LogP contribution in [0.25, 0.3) is 0 Å². The molecule has 116 valence electrons. The summed E-state index contributed by atoms with van der Waals surface area (Å²) in [7, 11) is 0. The Morgan fingerprint density at radius 3 is 2.64 bits per heavy atom. The number of carboxylic acids is 1. The molecule has 2 rings (SSSR count). The molecule has 7 heteroatoms. The Kier molecular flexibility index (Phi) is 5.13. The van der Waals surface area contributed by atoms with Gasteiger partial charge in [0.2, 0.25) is 0 Å². The lowest BCUT2D eigenvalue weighted by molar-refractivity contribution is -0.137. The molecule has 1 amide bonds. The molecule has 0 aliphatic rings. The van der Waals surface area contributed by atoms with Crippen LogP contribution in [-0.4, -0.2) is 33.8 Å². The van der Waals surface area contributed by atoms with Gasteiger partial charge in [-0.3, -0.25) is 14.7 Å². The maximum absolute atomic E-state index is 11.9. The van der Waals surface area contributed by atoms with E-state index in [0.29, 0.717) is 30.2 Å². The summed E-state index contributed by atoms with van der Waals surface area (Å²) < 4.78 is 5.41. The fourth-order valence-corrected chi connectivity index (χ4v) is 1.78. The van der Waals surface area contributed by atoms with Crippen LogP contribution in [0, 0.1) is 6.92 Å². The highest BCUT2D eigenvalue weighted by Gasteiger charge is 2.09. The standard InChI is InChI=1S/C15H17N3O4/c1-10-9-13(18-17-10)15(21)16-11-4-6-12(7-5-11)22-8-2-3-14(19)20/h4-7,9H,2-3,8H2,1H3,(H,16,21)(H,17,18)(H,19,20). The lowest BCUT2D eigenvalue weighted by Crippen LogP contribution is -2.12. The minimum atomic E-state index is -0.838. The summed E-state index contributed by atoms with van der Waals surface area (Å²) in [5.41, 5.74) is 1.77. The van der Waals surface area contributed by atoms with Crippen molar-refractivity contribution in [3.05, 3.63) is 41.7 Å². The number of benzene rings is 1. The Bertz CT molecular complexity index is 649. The molecular weight excluding hydrogens is 286 g/mol. The molecular formula is C15H17N3O4. The minimum Gasteiger partial charge on any atom is -0.494 e. The monoisotopic (exact) mass is 303 g/mol. The second-order valence-electron chi connectivity index (χ2n) is 4.76. The Morgan fingerprint density at radius 2 is 2.05 bits per heavy atom. The number of ether oxygens (including phenoxy) is 1. The number of aromatic amines is 1. The molecule has 0 atom stereocenters. The number of aryl methyl sites for hydroxylation is 1. The van der Waals surface area contributed by atoms with Gasteiger partial charge in [-0.15, -0.1) is 0 Å². The van der Waals surface area contributed by atoms with E-state index in [9.17, 15) is 9.59 Å². The van der Waals surface area contributed by atoms with E-state index in [0.717, 1.165) is 5.69 Å². The third-order valence-corrected chi connectivity index (χ3v) is 2.85. The number of hydrogen-bond donors (Lipinski definition) is 3. The largest absolute Gasteiger partial charge is 0.494 e. The lowest BCUT2D eigenvalue weighted by Gasteiger charge is -2.07. The number of carbonyl (C=O) groups is 2. The number of amides is 1. The van der Waals surface area contributed by atoms with Crippen molar-refractivity contribution in [2.24, 2.45) is 0 Å². The predicted octanol–water partition coefficient (Wildman–Crippen LogP) is 2.21. The zero-order valence-electron chi connectivity index (χ0n) is 12.1. The smallest absolute Gasteiger partial charge is 0.303 e. The number of nitrogens with zero attached hydrogens (tertiary/aromatic N) is 1.